The number of fused-ring (bicyclic) bond motifs is 2. The molecule has 0 aromatic heterocycles. The molecule has 3 N–H and O–H groups in total. The molecule has 0 aromatic carbocycles. The average molecular weight is 394 g/mol. The van der Waals surface area contributed by atoms with E-state index in [9.17, 15) is 14.4 Å². The maximum Gasteiger partial charge on any atom is 0.321 e. The van der Waals surface area contributed by atoms with Gasteiger partial charge in [0.2, 0.25) is 11.8 Å². The van der Waals surface area contributed by atoms with Crippen LogP contribution in [-0.2, 0) is 9.59 Å². The molecule has 2 bridgehead atoms. The molecule has 4 amide bonds. The van der Waals surface area contributed by atoms with Gasteiger partial charge in [-0.15, -0.1) is 0 Å². The summed E-state index contributed by atoms with van der Waals surface area (Å²) in [6.45, 7) is 8.15. The van der Waals surface area contributed by atoms with Crippen LogP contribution >= 0.6 is 0 Å². The molecule has 4 atom stereocenters. The second-order valence-electron chi connectivity index (χ2n) is 8.65. The lowest BCUT2D eigenvalue weighted by molar-refractivity contribution is -0.124. The van der Waals surface area contributed by atoms with Gasteiger partial charge in [0.15, 0.2) is 0 Å². The molecular weight excluding hydrogens is 358 g/mol. The van der Waals surface area contributed by atoms with Crippen LogP contribution in [0.2, 0.25) is 0 Å². The van der Waals surface area contributed by atoms with E-state index < -0.39 is 0 Å². The Morgan fingerprint density at radius 3 is 2.14 bits per heavy atom. The number of hydrogen-bond acceptors (Lipinski definition) is 5. The van der Waals surface area contributed by atoms with E-state index in [-0.39, 0.29) is 30.4 Å². The van der Waals surface area contributed by atoms with Crippen molar-refractivity contribution >= 4 is 17.8 Å². The average Bonchev–Trinajstić information content (AvgIpc) is 3.26. The predicted octanol–water partition coefficient (Wildman–Crippen LogP) is 0.391. The molecule has 1 saturated heterocycles. The van der Waals surface area contributed by atoms with Crippen molar-refractivity contribution in [2.75, 3.05) is 45.8 Å². The van der Waals surface area contributed by atoms with Crippen LogP contribution in [0, 0.1) is 17.8 Å². The highest BCUT2D eigenvalue weighted by atomic mass is 16.2. The van der Waals surface area contributed by atoms with Crippen LogP contribution < -0.4 is 16.0 Å². The van der Waals surface area contributed by atoms with E-state index in [0.717, 1.165) is 38.0 Å². The molecular formula is C20H35N5O3. The molecule has 28 heavy (non-hydrogen) atoms. The van der Waals surface area contributed by atoms with Crippen LogP contribution in [0.3, 0.4) is 0 Å². The standard InChI is InChI=1S/C20H35N5O3/c1-3-21-18(26)12-24-6-8-25(9-7-24)13-19(27)23-20(28)22-14(2)17-11-15-4-5-16(17)10-15/h14-17H,3-13H2,1-2H3,(H,21,26)(H2,22,23,27,28). The minimum Gasteiger partial charge on any atom is -0.355 e. The molecule has 0 aromatic rings. The Bertz CT molecular complexity index is 576. The van der Waals surface area contributed by atoms with Crippen LogP contribution in [0.15, 0.2) is 0 Å². The fourth-order valence-electron chi connectivity index (χ4n) is 5.19. The first-order valence-electron chi connectivity index (χ1n) is 10.8. The van der Waals surface area contributed by atoms with Crippen molar-refractivity contribution in [1.29, 1.82) is 0 Å². The molecule has 0 spiro atoms. The van der Waals surface area contributed by atoms with E-state index in [2.05, 4.69) is 27.8 Å². The maximum atomic E-state index is 12.2. The number of likely N-dealkylation sites (N-methyl/N-ethyl adjacent to an activating group) is 1. The van der Waals surface area contributed by atoms with E-state index in [1.165, 1.54) is 25.7 Å². The zero-order valence-corrected chi connectivity index (χ0v) is 17.2. The van der Waals surface area contributed by atoms with Gasteiger partial charge in [-0.25, -0.2) is 4.79 Å². The fourth-order valence-corrected chi connectivity index (χ4v) is 5.19. The molecule has 1 aliphatic heterocycles. The lowest BCUT2D eigenvalue weighted by Crippen LogP contribution is -2.53. The van der Waals surface area contributed by atoms with E-state index in [1.807, 2.05) is 11.8 Å². The van der Waals surface area contributed by atoms with E-state index in [1.54, 1.807) is 0 Å². The van der Waals surface area contributed by atoms with Crippen LogP contribution in [0.5, 0.6) is 0 Å². The molecule has 0 radical (unpaired) electrons. The first kappa shape index (κ1) is 21.0. The van der Waals surface area contributed by atoms with Crippen molar-refractivity contribution < 1.29 is 14.4 Å². The number of hydrogen-bond donors (Lipinski definition) is 3. The van der Waals surface area contributed by atoms with Crippen LogP contribution in [0.4, 0.5) is 4.79 Å². The SMILES string of the molecule is CCNC(=O)CN1CCN(CC(=O)NC(=O)NC(C)C2CC3CCC2C3)CC1. The zero-order chi connectivity index (χ0) is 20.1. The molecule has 2 aliphatic carbocycles. The Kier molecular flexibility index (Phi) is 7.29. The van der Waals surface area contributed by atoms with Gasteiger partial charge in [-0.3, -0.25) is 24.7 Å². The Labute approximate surface area is 167 Å². The third-order valence-electron chi connectivity index (χ3n) is 6.62. The van der Waals surface area contributed by atoms with Gasteiger partial charge in [0, 0.05) is 38.8 Å². The number of imide groups is 1. The van der Waals surface area contributed by atoms with Crippen molar-refractivity contribution in [3.05, 3.63) is 0 Å². The predicted molar refractivity (Wildman–Crippen MR) is 107 cm³/mol. The summed E-state index contributed by atoms with van der Waals surface area (Å²) in [5.41, 5.74) is 0. The summed E-state index contributed by atoms with van der Waals surface area (Å²) < 4.78 is 0. The van der Waals surface area contributed by atoms with Crippen LogP contribution in [-0.4, -0.2) is 79.5 Å². The first-order valence-corrected chi connectivity index (χ1v) is 10.8. The monoisotopic (exact) mass is 393 g/mol. The normalized spacial score (nSPS) is 28.7. The molecule has 3 fully saturated rings. The summed E-state index contributed by atoms with van der Waals surface area (Å²) >= 11 is 0. The third-order valence-corrected chi connectivity index (χ3v) is 6.62. The lowest BCUT2D eigenvalue weighted by atomic mass is 9.84. The van der Waals surface area contributed by atoms with Gasteiger partial charge in [0.25, 0.3) is 0 Å². The quantitative estimate of drug-likeness (QED) is 0.582. The summed E-state index contributed by atoms with van der Waals surface area (Å²) in [7, 11) is 0. The zero-order valence-electron chi connectivity index (χ0n) is 17.2. The number of rotatable bonds is 7. The molecule has 4 unspecified atom stereocenters. The van der Waals surface area contributed by atoms with Crippen molar-refractivity contribution in [3.63, 3.8) is 0 Å². The summed E-state index contributed by atoms with van der Waals surface area (Å²) in [6, 6.07) is -0.268. The van der Waals surface area contributed by atoms with Gasteiger partial charge in [-0.1, -0.05) is 6.42 Å². The highest BCUT2D eigenvalue weighted by Gasteiger charge is 2.42. The first-order chi connectivity index (χ1) is 13.4. The Morgan fingerprint density at radius 2 is 1.61 bits per heavy atom. The number of carbonyl (C=O) groups is 3. The van der Waals surface area contributed by atoms with Crippen molar-refractivity contribution in [3.8, 4) is 0 Å². The third kappa shape index (κ3) is 5.67. The highest BCUT2D eigenvalue weighted by molar-refractivity contribution is 5.95. The van der Waals surface area contributed by atoms with Crippen molar-refractivity contribution in [1.82, 2.24) is 25.8 Å². The topological polar surface area (TPSA) is 93.8 Å². The molecule has 158 valence electrons. The van der Waals surface area contributed by atoms with Gasteiger partial charge >= 0.3 is 6.03 Å². The maximum absolute atomic E-state index is 12.2. The van der Waals surface area contributed by atoms with Gasteiger partial charge in [0.05, 0.1) is 13.1 Å². The number of amides is 4. The van der Waals surface area contributed by atoms with E-state index >= 15 is 0 Å². The van der Waals surface area contributed by atoms with Crippen LogP contribution in [0.1, 0.15) is 39.5 Å². The van der Waals surface area contributed by atoms with E-state index in [4.69, 9.17) is 0 Å². The van der Waals surface area contributed by atoms with Gasteiger partial charge in [-0.2, -0.15) is 0 Å². The second-order valence-corrected chi connectivity index (χ2v) is 8.65. The molecule has 2 saturated carbocycles. The van der Waals surface area contributed by atoms with Gasteiger partial charge in [0.1, 0.15) is 0 Å². The number of nitrogens with one attached hydrogen (secondary N) is 3. The number of nitrogens with zero attached hydrogens (tertiary/aromatic N) is 2. The summed E-state index contributed by atoms with van der Waals surface area (Å²) in [5.74, 6) is 1.91. The minimum absolute atomic E-state index is 0.0370. The molecule has 8 heteroatoms. The summed E-state index contributed by atoms with van der Waals surface area (Å²) in [6.07, 6.45) is 5.15. The Balaban J connectivity index is 1.32. The van der Waals surface area contributed by atoms with Crippen LogP contribution in [0.25, 0.3) is 0 Å². The van der Waals surface area contributed by atoms with E-state index in [0.29, 0.717) is 19.0 Å². The minimum atomic E-state index is -0.379. The smallest absolute Gasteiger partial charge is 0.321 e. The van der Waals surface area contributed by atoms with Gasteiger partial charge in [-0.05, 0) is 50.9 Å². The second kappa shape index (κ2) is 9.69. The molecule has 3 rings (SSSR count). The number of carbonyl (C=O) groups excluding carboxylic acids is 3. The van der Waals surface area contributed by atoms with Gasteiger partial charge < -0.3 is 10.6 Å². The Hall–Kier alpha value is -1.67. The molecule has 3 aliphatic rings. The van der Waals surface area contributed by atoms with Crippen molar-refractivity contribution in [2.24, 2.45) is 17.8 Å². The largest absolute Gasteiger partial charge is 0.355 e. The molecule has 1 heterocycles. The highest BCUT2D eigenvalue weighted by Crippen LogP contribution is 2.49. The lowest BCUT2D eigenvalue weighted by Gasteiger charge is -2.33. The summed E-state index contributed by atoms with van der Waals surface area (Å²) in [4.78, 5) is 40.1. The number of urea groups is 1. The Morgan fingerprint density at radius 1 is 0.964 bits per heavy atom. The van der Waals surface area contributed by atoms with Crippen molar-refractivity contribution in [2.45, 2.75) is 45.6 Å². The molecule has 8 nitrogen and oxygen atoms in total. The number of piperazine rings is 1. The summed E-state index contributed by atoms with van der Waals surface area (Å²) in [5, 5.41) is 8.25. The fraction of sp³-hybridized carbons (Fsp3) is 0.850.